The highest BCUT2D eigenvalue weighted by molar-refractivity contribution is 5.76. The third-order valence-electron chi connectivity index (χ3n) is 3.30. The number of rotatable bonds is 3. The van der Waals surface area contributed by atoms with E-state index in [4.69, 9.17) is 17.2 Å². The fraction of sp³-hybridized carbons (Fsp3) is 0.545. The van der Waals surface area contributed by atoms with E-state index in [2.05, 4.69) is 14.9 Å². The number of nitrogens with zero attached hydrogens (tertiary/aromatic N) is 3. The number of piperidine rings is 1. The lowest BCUT2D eigenvalue weighted by molar-refractivity contribution is -0.123. The van der Waals surface area contributed by atoms with Crippen molar-refractivity contribution >= 4 is 17.7 Å². The summed E-state index contributed by atoms with van der Waals surface area (Å²) in [6.07, 6.45) is 3.24. The third-order valence-corrected chi connectivity index (χ3v) is 3.30. The SMILES string of the molecule is NC(=O)C1CCN(Cc2cnc(N)nc2N)CC1. The van der Waals surface area contributed by atoms with Gasteiger partial charge in [-0.2, -0.15) is 4.98 Å². The van der Waals surface area contributed by atoms with Gasteiger partial charge in [-0.1, -0.05) is 0 Å². The number of carbonyl (C=O) groups excluding carboxylic acids is 1. The molecule has 0 aromatic carbocycles. The van der Waals surface area contributed by atoms with Crippen LogP contribution in [0.5, 0.6) is 0 Å². The number of anilines is 2. The monoisotopic (exact) mass is 250 g/mol. The summed E-state index contributed by atoms with van der Waals surface area (Å²) in [5, 5.41) is 0. The fourth-order valence-electron chi connectivity index (χ4n) is 2.17. The van der Waals surface area contributed by atoms with Crippen LogP contribution in [0.2, 0.25) is 0 Å². The van der Waals surface area contributed by atoms with Crippen LogP contribution in [0.3, 0.4) is 0 Å². The van der Waals surface area contributed by atoms with Gasteiger partial charge in [0.15, 0.2) is 0 Å². The van der Waals surface area contributed by atoms with Gasteiger partial charge in [0.05, 0.1) is 0 Å². The van der Waals surface area contributed by atoms with Crippen LogP contribution in [-0.2, 0) is 11.3 Å². The molecular weight excluding hydrogens is 232 g/mol. The molecule has 2 rings (SSSR count). The molecule has 98 valence electrons. The van der Waals surface area contributed by atoms with E-state index in [-0.39, 0.29) is 17.8 Å². The van der Waals surface area contributed by atoms with Crippen molar-refractivity contribution in [3.05, 3.63) is 11.8 Å². The topological polar surface area (TPSA) is 124 Å². The largest absolute Gasteiger partial charge is 0.383 e. The van der Waals surface area contributed by atoms with Crippen molar-refractivity contribution in [1.29, 1.82) is 0 Å². The minimum absolute atomic E-state index is 0.00117. The molecule has 0 radical (unpaired) electrons. The molecule has 1 saturated heterocycles. The molecule has 1 aromatic rings. The maximum absolute atomic E-state index is 11.1. The molecule has 1 amide bonds. The van der Waals surface area contributed by atoms with Crippen molar-refractivity contribution < 1.29 is 4.79 Å². The van der Waals surface area contributed by atoms with E-state index in [0.29, 0.717) is 12.4 Å². The van der Waals surface area contributed by atoms with Crippen molar-refractivity contribution in [1.82, 2.24) is 14.9 Å². The Kier molecular flexibility index (Phi) is 3.61. The van der Waals surface area contributed by atoms with Crippen molar-refractivity contribution in [2.75, 3.05) is 24.6 Å². The molecule has 0 saturated carbocycles. The summed E-state index contributed by atoms with van der Waals surface area (Å²) in [4.78, 5) is 21.1. The first-order valence-electron chi connectivity index (χ1n) is 5.95. The molecule has 0 unspecified atom stereocenters. The van der Waals surface area contributed by atoms with E-state index >= 15 is 0 Å². The van der Waals surface area contributed by atoms with Crippen LogP contribution in [0.15, 0.2) is 6.20 Å². The van der Waals surface area contributed by atoms with E-state index in [9.17, 15) is 4.79 Å². The molecule has 2 heterocycles. The summed E-state index contributed by atoms with van der Waals surface area (Å²) in [6, 6.07) is 0. The highest BCUT2D eigenvalue weighted by atomic mass is 16.1. The van der Waals surface area contributed by atoms with Crippen molar-refractivity contribution in [2.45, 2.75) is 19.4 Å². The average Bonchev–Trinajstić information content (AvgIpc) is 2.33. The standard InChI is InChI=1S/C11H18N6O/c12-9-8(5-15-11(14)16-9)6-17-3-1-7(2-4-17)10(13)18/h5,7H,1-4,6H2,(H2,13,18)(H4,12,14,15,16). The molecule has 18 heavy (non-hydrogen) atoms. The average molecular weight is 250 g/mol. The molecule has 7 heteroatoms. The molecule has 1 aliphatic rings. The quantitative estimate of drug-likeness (QED) is 0.654. The Bertz CT molecular complexity index is 441. The lowest BCUT2D eigenvalue weighted by Crippen LogP contribution is -2.38. The first-order chi connectivity index (χ1) is 8.56. The van der Waals surface area contributed by atoms with Gasteiger partial charge in [-0.05, 0) is 25.9 Å². The second-order valence-corrected chi connectivity index (χ2v) is 4.59. The first kappa shape index (κ1) is 12.6. The number of carbonyl (C=O) groups is 1. The molecule has 7 nitrogen and oxygen atoms in total. The Hall–Kier alpha value is -1.89. The number of likely N-dealkylation sites (tertiary alicyclic amines) is 1. The predicted molar refractivity (Wildman–Crippen MR) is 68.1 cm³/mol. The second-order valence-electron chi connectivity index (χ2n) is 4.59. The lowest BCUT2D eigenvalue weighted by atomic mass is 9.96. The molecule has 0 bridgehead atoms. The van der Waals surface area contributed by atoms with Gasteiger partial charge >= 0.3 is 0 Å². The maximum atomic E-state index is 11.1. The van der Waals surface area contributed by atoms with Crippen molar-refractivity contribution in [2.24, 2.45) is 11.7 Å². The Balaban J connectivity index is 1.93. The van der Waals surface area contributed by atoms with Gasteiger partial charge in [0, 0.05) is 24.2 Å². The van der Waals surface area contributed by atoms with Crippen LogP contribution >= 0.6 is 0 Å². The van der Waals surface area contributed by atoms with E-state index in [1.165, 1.54) is 0 Å². The van der Waals surface area contributed by atoms with Crippen LogP contribution in [0.4, 0.5) is 11.8 Å². The van der Waals surface area contributed by atoms with Gasteiger partial charge in [-0.15, -0.1) is 0 Å². The summed E-state index contributed by atoms with van der Waals surface area (Å²) in [7, 11) is 0. The summed E-state index contributed by atoms with van der Waals surface area (Å²) in [5.41, 5.74) is 17.4. The Morgan fingerprint density at radius 2 is 2.06 bits per heavy atom. The van der Waals surface area contributed by atoms with Gasteiger partial charge in [0.25, 0.3) is 0 Å². The summed E-state index contributed by atoms with van der Waals surface area (Å²) < 4.78 is 0. The van der Waals surface area contributed by atoms with Gasteiger partial charge < -0.3 is 17.2 Å². The molecule has 0 atom stereocenters. The van der Waals surface area contributed by atoms with Crippen LogP contribution in [0.1, 0.15) is 18.4 Å². The second kappa shape index (κ2) is 5.18. The number of nitrogens with two attached hydrogens (primary N) is 3. The lowest BCUT2D eigenvalue weighted by Gasteiger charge is -2.30. The Labute approximate surface area is 105 Å². The minimum atomic E-state index is -0.204. The molecule has 0 aliphatic carbocycles. The van der Waals surface area contributed by atoms with Gasteiger partial charge in [0.2, 0.25) is 11.9 Å². The van der Waals surface area contributed by atoms with Gasteiger partial charge in [-0.3, -0.25) is 9.69 Å². The number of hydrogen-bond acceptors (Lipinski definition) is 6. The first-order valence-corrected chi connectivity index (χ1v) is 5.95. The third kappa shape index (κ3) is 2.86. The number of hydrogen-bond donors (Lipinski definition) is 3. The van der Waals surface area contributed by atoms with E-state index in [0.717, 1.165) is 31.5 Å². The summed E-state index contributed by atoms with van der Waals surface area (Å²) in [5.74, 6) is 0.398. The molecule has 1 aromatic heterocycles. The number of nitrogen functional groups attached to an aromatic ring is 2. The predicted octanol–water partition coefficient (Wildman–Crippen LogP) is -0.662. The number of aromatic nitrogens is 2. The van der Waals surface area contributed by atoms with Crippen molar-refractivity contribution in [3.8, 4) is 0 Å². The highest BCUT2D eigenvalue weighted by Crippen LogP contribution is 2.20. The zero-order valence-electron chi connectivity index (χ0n) is 10.2. The molecular formula is C11H18N6O. The van der Waals surface area contributed by atoms with E-state index < -0.39 is 0 Å². The zero-order valence-corrected chi connectivity index (χ0v) is 10.2. The Morgan fingerprint density at radius 1 is 1.39 bits per heavy atom. The minimum Gasteiger partial charge on any atom is -0.383 e. The molecule has 6 N–H and O–H groups in total. The van der Waals surface area contributed by atoms with Crippen LogP contribution in [0, 0.1) is 5.92 Å². The van der Waals surface area contributed by atoms with Gasteiger partial charge in [0.1, 0.15) is 5.82 Å². The fourth-order valence-corrected chi connectivity index (χ4v) is 2.17. The maximum Gasteiger partial charge on any atom is 0.221 e. The van der Waals surface area contributed by atoms with Crippen molar-refractivity contribution in [3.63, 3.8) is 0 Å². The summed E-state index contributed by atoms with van der Waals surface area (Å²) in [6.45, 7) is 2.34. The zero-order chi connectivity index (χ0) is 13.1. The number of primary amides is 1. The van der Waals surface area contributed by atoms with E-state index in [1.807, 2.05) is 0 Å². The molecule has 0 spiro atoms. The smallest absolute Gasteiger partial charge is 0.221 e. The van der Waals surface area contributed by atoms with Crippen LogP contribution in [-0.4, -0.2) is 33.9 Å². The molecule has 1 fully saturated rings. The van der Waals surface area contributed by atoms with Crippen LogP contribution in [0.25, 0.3) is 0 Å². The molecule has 1 aliphatic heterocycles. The van der Waals surface area contributed by atoms with Gasteiger partial charge in [-0.25, -0.2) is 4.98 Å². The summed E-state index contributed by atoms with van der Waals surface area (Å²) >= 11 is 0. The Morgan fingerprint density at radius 3 is 2.61 bits per heavy atom. The normalized spacial score (nSPS) is 17.8. The highest BCUT2D eigenvalue weighted by Gasteiger charge is 2.23. The number of amides is 1. The van der Waals surface area contributed by atoms with E-state index in [1.54, 1.807) is 6.20 Å². The van der Waals surface area contributed by atoms with Crippen LogP contribution < -0.4 is 17.2 Å².